The quantitative estimate of drug-likeness (QED) is 0.792. The van der Waals surface area contributed by atoms with Crippen LogP contribution in [0.2, 0.25) is 0 Å². The molecule has 0 aliphatic carbocycles. The largest absolute Gasteiger partial charge is 0.309 e. The summed E-state index contributed by atoms with van der Waals surface area (Å²) in [6.45, 7) is 0. The molecule has 0 aliphatic rings. The Bertz CT molecular complexity index is 737. The first kappa shape index (κ1) is 12.7. The Morgan fingerprint density at radius 3 is 2.60 bits per heavy atom. The second-order valence-corrected chi connectivity index (χ2v) is 4.56. The highest BCUT2D eigenvalue weighted by Crippen LogP contribution is 2.29. The summed E-state index contributed by atoms with van der Waals surface area (Å²) < 4.78 is 14.0. The molecule has 3 rings (SSSR count). The summed E-state index contributed by atoms with van der Waals surface area (Å²) in [5.41, 5.74) is 1.59. The lowest BCUT2D eigenvalue weighted by Gasteiger charge is -2.19. The fourth-order valence-corrected chi connectivity index (χ4v) is 2.49. The highest BCUT2D eigenvalue weighted by Gasteiger charge is 2.18. The number of nitrogens with zero attached hydrogens (tertiary/aromatic N) is 2. The molecule has 0 radical (unpaired) electrons. The minimum absolute atomic E-state index is 0.231. The number of nitrogens with one attached hydrogen (secondary N) is 1. The molecule has 1 atom stereocenters. The fraction of sp³-hybridized carbons (Fsp3) is 0.125. The van der Waals surface area contributed by atoms with Gasteiger partial charge in [-0.1, -0.05) is 18.2 Å². The molecule has 0 aliphatic heterocycles. The van der Waals surface area contributed by atoms with E-state index in [1.165, 1.54) is 6.20 Å². The number of benzene rings is 1. The first-order valence-corrected chi connectivity index (χ1v) is 6.40. The van der Waals surface area contributed by atoms with Gasteiger partial charge >= 0.3 is 0 Å². The molecule has 2 aromatic heterocycles. The lowest BCUT2D eigenvalue weighted by molar-refractivity contribution is 0.572. The number of aromatic nitrogens is 2. The molecule has 2 heterocycles. The SMILES string of the molecule is CNC(c1ccncc1F)c1cccc2ccncc12. The number of hydrogen-bond donors (Lipinski definition) is 1. The number of rotatable bonds is 3. The van der Waals surface area contributed by atoms with Gasteiger partial charge in [0.1, 0.15) is 5.82 Å². The van der Waals surface area contributed by atoms with Gasteiger partial charge < -0.3 is 5.32 Å². The molecule has 0 spiro atoms. The van der Waals surface area contributed by atoms with E-state index >= 15 is 0 Å². The maximum Gasteiger partial charge on any atom is 0.146 e. The zero-order chi connectivity index (χ0) is 13.9. The van der Waals surface area contributed by atoms with Crippen molar-refractivity contribution in [2.45, 2.75) is 6.04 Å². The summed E-state index contributed by atoms with van der Waals surface area (Å²) in [5, 5.41) is 5.28. The van der Waals surface area contributed by atoms with Crippen molar-refractivity contribution in [2.75, 3.05) is 7.05 Å². The molecule has 1 N–H and O–H groups in total. The van der Waals surface area contributed by atoms with Crippen LogP contribution in [-0.2, 0) is 0 Å². The number of hydrogen-bond acceptors (Lipinski definition) is 3. The Kier molecular flexibility index (Phi) is 3.39. The number of pyridine rings is 2. The first-order chi connectivity index (χ1) is 9.81. The zero-order valence-electron chi connectivity index (χ0n) is 11.0. The van der Waals surface area contributed by atoms with Crippen LogP contribution in [0, 0.1) is 5.82 Å². The lowest BCUT2D eigenvalue weighted by atomic mass is 9.95. The Hall–Kier alpha value is -2.33. The minimum Gasteiger partial charge on any atom is -0.309 e. The Morgan fingerprint density at radius 1 is 1.00 bits per heavy atom. The van der Waals surface area contributed by atoms with Crippen molar-refractivity contribution in [1.82, 2.24) is 15.3 Å². The molecule has 0 fully saturated rings. The van der Waals surface area contributed by atoms with Gasteiger partial charge in [-0.25, -0.2) is 4.39 Å². The molecular weight excluding hydrogens is 253 g/mol. The normalized spacial score (nSPS) is 12.5. The maximum atomic E-state index is 14.0. The summed E-state index contributed by atoms with van der Waals surface area (Å²) in [4.78, 5) is 7.97. The monoisotopic (exact) mass is 267 g/mol. The van der Waals surface area contributed by atoms with E-state index < -0.39 is 0 Å². The first-order valence-electron chi connectivity index (χ1n) is 6.40. The Labute approximate surface area is 116 Å². The van der Waals surface area contributed by atoms with Crippen LogP contribution >= 0.6 is 0 Å². The van der Waals surface area contributed by atoms with Crippen LogP contribution in [0.15, 0.2) is 55.1 Å². The predicted octanol–water partition coefficient (Wildman–Crippen LogP) is 3.08. The number of halogens is 1. The van der Waals surface area contributed by atoms with E-state index in [2.05, 4.69) is 15.3 Å². The molecule has 3 aromatic rings. The van der Waals surface area contributed by atoms with Crippen molar-refractivity contribution in [3.8, 4) is 0 Å². The van der Waals surface area contributed by atoms with E-state index in [1.807, 2.05) is 37.5 Å². The zero-order valence-corrected chi connectivity index (χ0v) is 11.0. The van der Waals surface area contributed by atoms with Crippen molar-refractivity contribution < 1.29 is 4.39 Å². The van der Waals surface area contributed by atoms with E-state index in [0.29, 0.717) is 5.56 Å². The van der Waals surface area contributed by atoms with Crippen LogP contribution in [0.5, 0.6) is 0 Å². The van der Waals surface area contributed by atoms with Gasteiger partial charge in [-0.3, -0.25) is 9.97 Å². The molecule has 20 heavy (non-hydrogen) atoms. The average Bonchev–Trinajstić information content (AvgIpc) is 2.50. The lowest BCUT2D eigenvalue weighted by Crippen LogP contribution is -2.19. The van der Waals surface area contributed by atoms with Crippen molar-refractivity contribution in [2.24, 2.45) is 0 Å². The standard InChI is InChI=1S/C16H14FN3/c1-18-16(13-6-8-20-10-15(13)17)12-4-2-3-11-5-7-19-9-14(11)12/h2-10,16,18H,1H3. The molecule has 1 unspecified atom stereocenters. The molecule has 0 amide bonds. The van der Waals surface area contributed by atoms with Gasteiger partial charge in [-0.2, -0.15) is 0 Å². The fourth-order valence-electron chi connectivity index (χ4n) is 2.49. The van der Waals surface area contributed by atoms with E-state index in [0.717, 1.165) is 16.3 Å². The maximum absolute atomic E-state index is 14.0. The molecule has 4 heteroatoms. The van der Waals surface area contributed by atoms with Crippen molar-refractivity contribution in [1.29, 1.82) is 0 Å². The van der Waals surface area contributed by atoms with Crippen LogP contribution in [-0.4, -0.2) is 17.0 Å². The van der Waals surface area contributed by atoms with Gasteiger partial charge in [0, 0.05) is 29.5 Å². The van der Waals surface area contributed by atoms with E-state index in [4.69, 9.17) is 0 Å². The second-order valence-electron chi connectivity index (χ2n) is 4.56. The van der Waals surface area contributed by atoms with Crippen molar-refractivity contribution in [3.63, 3.8) is 0 Å². The number of fused-ring (bicyclic) bond motifs is 1. The van der Waals surface area contributed by atoms with Crippen molar-refractivity contribution in [3.05, 3.63) is 72.1 Å². The molecule has 0 saturated carbocycles. The third-order valence-electron chi connectivity index (χ3n) is 3.43. The molecule has 3 nitrogen and oxygen atoms in total. The highest BCUT2D eigenvalue weighted by atomic mass is 19.1. The third-order valence-corrected chi connectivity index (χ3v) is 3.43. The predicted molar refractivity (Wildman–Crippen MR) is 76.8 cm³/mol. The summed E-state index contributed by atoms with van der Waals surface area (Å²) in [5.74, 6) is -0.312. The van der Waals surface area contributed by atoms with E-state index in [9.17, 15) is 4.39 Å². The Balaban J connectivity index is 2.20. The molecular formula is C16H14FN3. The molecule has 0 saturated heterocycles. The summed E-state index contributed by atoms with van der Waals surface area (Å²) in [7, 11) is 1.82. The average molecular weight is 267 g/mol. The second kappa shape index (κ2) is 5.35. The Morgan fingerprint density at radius 2 is 1.80 bits per heavy atom. The van der Waals surface area contributed by atoms with Crippen LogP contribution in [0.25, 0.3) is 10.8 Å². The molecule has 0 bridgehead atoms. The smallest absolute Gasteiger partial charge is 0.146 e. The van der Waals surface area contributed by atoms with Gasteiger partial charge in [0.15, 0.2) is 0 Å². The topological polar surface area (TPSA) is 37.8 Å². The van der Waals surface area contributed by atoms with Crippen molar-refractivity contribution >= 4 is 10.8 Å². The van der Waals surface area contributed by atoms with Gasteiger partial charge in [0.2, 0.25) is 0 Å². The minimum atomic E-state index is -0.312. The molecule has 100 valence electrons. The van der Waals surface area contributed by atoms with E-state index in [-0.39, 0.29) is 11.9 Å². The van der Waals surface area contributed by atoms with Crippen LogP contribution < -0.4 is 5.32 Å². The van der Waals surface area contributed by atoms with Gasteiger partial charge in [-0.05, 0) is 30.1 Å². The third kappa shape index (κ3) is 2.14. The summed E-state index contributed by atoms with van der Waals surface area (Å²) in [6, 6.07) is 9.41. The van der Waals surface area contributed by atoms with Gasteiger partial charge in [0.05, 0.1) is 12.2 Å². The summed E-state index contributed by atoms with van der Waals surface area (Å²) >= 11 is 0. The van der Waals surface area contributed by atoms with E-state index in [1.54, 1.807) is 18.5 Å². The summed E-state index contributed by atoms with van der Waals surface area (Å²) in [6.07, 6.45) is 6.41. The molecule has 1 aromatic carbocycles. The van der Waals surface area contributed by atoms with Crippen LogP contribution in [0.1, 0.15) is 17.2 Å². The highest BCUT2D eigenvalue weighted by molar-refractivity contribution is 5.85. The van der Waals surface area contributed by atoms with Crippen LogP contribution in [0.3, 0.4) is 0 Å². The van der Waals surface area contributed by atoms with Gasteiger partial charge in [0.25, 0.3) is 0 Å². The van der Waals surface area contributed by atoms with Crippen LogP contribution in [0.4, 0.5) is 4.39 Å². The van der Waals surface area contributed by atoms with Gasteiger partial charge in [-0.15, -0.1) is 0 Å².